The van der Waals surface area contributed by atoms with Gasteiger partial charge in [0.05, 0.1) is 19.3 Å². The van der Waals surface area contributed by atoms with Crippen LogP contribution in [0.25, 0.3) is 5.57 Å². The van der Waals surface area contributed by atoms with Gasteiger partial charge in [-0.05, 0) is 87.1 Å². The lowest BCUT2D eigenvalue weighted by atomic mass is 9.84. The summed E-state index contributed by atoms with van der Waals surface area (Å²) in [7, 11) is 1.63. The summed E-state index contributed by atoms with van der Waals surface area (Å²) in [5.41, 5.74) is 3.67. The molecule has 2 aliphatic rings. The maximum absolute atomic E-state index is 14.3. The number of nitrogens with zero attached hydrogens (tertiary/aromatic N) is 2. The maximum atomic E-state index is 14.3. The van der Waals surface area contributed by atoms with E-state index in [0.29, 0.717) is 42.3 Å². The highest BCUT2D eigenvalue weighted by Gasteiger charge is 2.56. The van der Waals surface area contributed by atoms with Gasteiger partial charge in [-0.25, -0.2) is 4.79 Å². The highest BCUT2D eigenvalue weighted by molar-refractivity contribution is 6.33. The lowest BCUT2D eigenvalue weighted by molar-refractivity contribution is -0.150. The number of hydrogen-bond donors (Lipinski definition) is 0. The Labute approximate surface area is 211 Å². The van der Waals surface area contributed by atoms with Crippen LogP contribution in [0.4, 0.5) is 10.5 Å². The second kappa shape index (κ2) is 10.0. The van der Waals surface area contributed by atoms with Crippen molar-refractivity contribution in [3.63, 3.8) is 0 Å². The molecule has 1 fully saturated rings. The van der Waals surface area contributed by atoms with Crippen molar-refractivity contribution in [1.29, 1.82) is 0 Å². The number of carbonyl (C=O) groups is 2. The second-order valence-electron chi connectivity index (χ2n) is 9.03. The molecule has 1 saturated heterocycles. The van der Waals surface area contributed by atoms with Gasteiger partial charge in [0.15, 0.2) is 5.76 Å². The van der Waals surface area contributed by atoms with Crippen molar-refractivity contribution in [2.75, 3.05) is 31.7 Å². The largest absolute Gasteiger partial charge is 0.513 e. The molecule has 1 spiro atoms. The molecule has 0 N–H and O–H groups in total. The number of piperidine rings is 1. The van der Waals surface area contributed by atoms with E-state index in [4.69, 9.17) is 25.9 Å². The molecule has 1 amide bonds. The first-order valence-corrected chi connectivity index (χ1v) is 12.2. The summed E-state index contributed by atoms with van der Waals surface area (Å²) in [5, 5.41) is 2.43. The predicted molar refractivity (Wildman–Crippen MR) is 135 cm³/mol. The molecule has 0 saturated carbocycles. The lowest BCUT2D eigenvalue weighted by Crippen LogP contribution is -2.55. The van der Waals surface area contributed by atoms with Crippen LogP contribution in [-0.4, -0.2) is 49.5 Å². The van der Waals surface area contributed by atoms with Crippen molar-refractivity contribution >= 4 is 34.9 Å². The fourth-order valence-electron chi connectivity index (χ4n) is 5.26. The third kappa shape index (κ3) is 4.56. The van der Waals surface area contributed by atoms with E-state index >= 15 is 0 Å². The Bertz CT molecular complexity index is 1160. The predicted octanol–water partition coefficient (Wildman–Crippen LogP) is 5.59. The van der Waals surface area contributed by atoms with Gasteiger partial charge >= 0.3 is 6.16 Å². The van der Waals surface area contributed by atoms with Crippen LogP contribution in [-0.2, 0) is 19.1 Å². The van der Waals surface area contributed by atoms with Crippen LogP contribution in [0.1, 0.15) is 42.0 Å². The van der Waals surface area contributed by atoms with Crippen molar-refractivity contribution < 1.29 is 23.9 Å². The van der Waals surface area contributed by atoms with Crippen LogP contribution in [0.2, 0.25) is 5.02 Å². The van der Waals surface area contributed by atoms with Crippen molar-refractivity contribution in [2.24, 2.45) is 0 Å². The van der Waals surface area contributed by atoms with Gasteiger partial charge in [-0.15, -0.1) is 0 Å². The quantitative estimate of drug-likeness (QED) is 0.500. The normalized spacial score (nSPS) is 17.9. The van der Waals surface area contributed by atoms with Gasteiger partial charge in [0.25, 0.3) is 5.91 Å². The first kappa shape index (κ1) is 25.2. The summed E-state index contributed by atoms with van der Waals surface area (Å²) in [6, 6.07) is 11.5. The highest BCUT2D eigenvalue weighted by Crippen LogP contribution is 2.50. The Morgan fingerprint density at radius 3 is 2.31 bits per heavy atom. The Morgan fingerprint density at radius 2 is 1.74 bits per heavy atom. The zero-order chi connectivity index (χ0) is 25.3. The van der Waals surface area contributed by atoms with E-state index < -0.39 is 11.7 Å². The molecule has 0 bridgehead atoms. The number of anilines is 1. The smallest absolute Gasteiger partial charge is 0.434 e. The summed E-state index contributed by atoms with van der Waals surface area (Å²) in [6.07, 6.45) is 0.214. The van der Waals surface area contributed by atoms with E-state index in [1.807, 2.05) is 62.2 Å². The first-order valence-electron chi connectivity index (χ1n) is 11.8. The van der Waals surface area contributed by atoms with Crippen LogP contribution in [0.15, 0.2) is 42.2 Å². The average Bonchev–Trinajstić information content (AvgIpc) is 3.01. The molecule has 2 heterocycles. The Balaban J connectivity index is 1.98. The number of halogens is 1. The number of hydrogen-bond acceptors (Lipinski definition) is 6. The summed E-state index contributed by atoms with van der Waals surface area (Å²) in [6.45, 7) is 8.82. The molecule has 0 atom stereocenters. The maximum Gasteiger partial charge on any atom is 0.513 e. The first-order chi connectivity index (χ1) is 16.7. The molecule has 0 aliphatic carbocycles. The SMILES string of the molecule is CCOC(=O)OC1=C(c2c(C)cc(Cl)cc2C)C(=O)N(c2cccc(C)c2)C12CCN(OC)CC2. The van der Waals surface area contributed by atoms with Gasteiger partial charge < -0.3 is 14.3 Å². The fraction of sp³-hybridized carbons (Fsp3) is 0.407. The number of carbonyl (C=O) groups excluding carboxylic acids is 2. The number of hydroxylamine groups is 2. The monoisotopic (exact) mass is 498 g/mol. The lowest BCUT2D eigenvalue weighted by Gasteiger charge is -2.44. The topological polar surface area (TPSA) is 68.3 Å². The molecule has 35 heavy (non-hydrogen) atoms. The van der Waals surface area contributed by atoms with E-state index in [9.17, 15) is 9.59 Å². The number of ether oxygens (including phenoxy) is 2. The van der Waals surface area contributed by atoms with E-state index in [-0.39, 0.29) is 12.5 Å². The zero-order valence-corrected chi connectivity index (χ0v) is 21.6. The third-order valence-corrected chi connectivity index (χ3v) is 6.98. The van der Waals surface area contributed by atoms with Crippen LogP contribution in [0.3, 0.4) is 0 Å². The average molecular weight is 499 g/mol. The molecule has 186 valence electrons. The molecular weight excluding hydrogens is 468 g/mol. The summed E-state index contributed by atoms with van der Waals surface area (Å²) >= 11 is 6.31. The van der Waals surface area contributed by atoms with Crippen LogP contribution < -0.4 is 4.90 Å². The molecular formula is C27H31ClN2O5. The van der Waals surface area contributed by atoms with Gasteiger partial charge in [0.1, 0.15) is 5.54 Å². The van der Waals surface area contributed by atoms with Gasteiger partial charge in [-0.2, -0.15) is 5.06 Å². The molecule has 4 rings (SSSR count). The Kier molecular flexibility index (Phi) is 7.22. The van der Waals surface area contributed by atoms with Crippen molar-refractivity contribution in [2.45, 2.75) is 46.1 Å². The fourth-order valence-corrected chi connectivity index (χ4v) is 5.59. The van der Waals surface area contributed by atoms with Gasteiger partial charge in [0.2, 0.25) is 0 Å². The van der Waals surface area contributed by atoms with Crippen LogP contribution in [0.5, 0.6) is 0 Å². The minimum absolute atomic E-state index is 0.167. The molecule has 0 radical (unpaired) electrons. The second-order valence-corrected chi connectivity index (χ2v) is 9.46. The number of benzene rings is 2. The summed E-state index contributed by atoms with van der Waals surface area (Å²) in [4.78, 5) is 34.3. The summed E-state index contributed by atoms with van der Waals surface area (Å²) < 4.78 is 11.1. The molecule has 7 nitrogen and oxygen atoms in total. The van der Waals surface area contributed by atoms with Crippen molar-refractivity contribution in [3.8, 4) is 0 Å². The van der Waals surface area contributed by atoms with E-state index in [1.54, 1.807) is 18.9 Å². The minimum Gasteiger partial charge on any atom is -0.434 e. The van der Waals surface area contributed by atoms with Crippen molar-refractivity contribution in [3.05, 3.63) is 69.4 Å². The minimum atomic E-state index is -0.874. The molecule has 0 aromatic heterocycles. The van der Waals surface area contributed by atoms with Gasteiger partial charge in [-0.3, -0.25) is 9.69 Å². The molecule has 0 unspecified atom stereocenters. The van der Waals surface area contributed by atoms with E-state index in [2.05, 4.69) is 0 Å². The Hall–Kier alpha value is -2.87. The zero-order valence-electron chi connectivity index (χ0n) is 20.8. The van der Waals surface area contributed by atoms with Crippen molar-refractivity contribution in [1.82, 2.24) is 5.06 Å². The van der Waals surface area contributed by atoms with Gasteiger partial charge in [0, 0.05) is 23.8 Å². The van der Waals surface area contributed by atoms with Crippen LogP contribution in [0, 0.1) is 20.8 Å². The highest BCUT2D eigenvalue weighted by atomic mass is 35.5. The third-order valence-electron chi connectivity index (χ3n) is 6.76. The van der Waals surface area contributed by atoms with Crippen LogP contribution >= 0.6 is 11.6 Å². The molecule has 2 aromatic rings. The molecule has 8 heteroatoms. The number of amides is 1. The summed E-state index contributed by atoms with van der Waals surface area (Å²) in [5.74, 6) is 0.112. The van der Waals surface area contributed by atoms with E-state index in [0.717, 1.165) is 27.9 Å². The van der Waals surface area contributed by atoms with Gasteiger partial charge in [-0.1, -0.05) is 23.7 Å². The van der Waals surface area contributed by atoms with E-state index in [1.165, 1.54) is 0 Å². The number of rotatable bonds is 5. The molecule has 2 aromatic carbocycles. The standard InChI is InChI=1S/C27H31ClN2O5/c1-6-34-26(32)35-24-23(22-18(3)15-20(28)16-19(22)4)25(31)30(21-9-7-8-17(2)14-21)27(24)10-12-29(33-5)13-11-27/h7-9,14-16H,6,10-13H2,1-5H3. The number of aryl methyl sites for hydroxylation is 3. The Morgan fingerprint density at radius 1 is 1.09 bits per heavy atom. The molecule has 2 aliphatic heterocycles.